The third kappa shape index (κ3) is 7.43. The third-order valence-electron chi connectivity index (χ3n) is 4.23. The van der Waals surface area contributed by atoms with Crippen LogP contribution in [0.1, 0.15) is 54.1 Å². The van der Waals surface area contributed by atoms with Gasteiger partial charge in [0.2, 0.25) is 0 Å². The van der Waals surface area contributed by atoms with Crippen LogP contribution in [0.3, 0.4) is 0 Å². The number of nitrogens with one attached hydrogen (secondary N) is 2. The van der Waals surface area contributed by atoms with E-state index in [0.717, 1.165) is 16.5 Å². The Bertz CT molecular complexity index is 884. The number of aryl methyl sites for hydroxylation is 1. The Kier molecular flexibility index (Phi) is 9.58. The number of rotatable bonds is 10. The lowest BCUT2D eigenvalue weighted by Gasteiger charge is -2.18. The van der Waals surface area contributed by atoms with E-state index < -0.39 is 0 Å². The zero-order valence-electron chi connectivity index (χ0n) is 19.0. The van der Waals surface area contributed by atoms with Crippen molar-refractivity contribution in [3.8, 4) is 11.5 Å². The highest BCUT2D eigenvalue weighted by atomic mass is 32.1. The van der Waals surface area contributed by atoms with Crippen LogP contribution in [0, 0.1) is 6.92 Å². The summed E-state index contributed by atoms with van der Waals surface area (Å²) < 4.78 is 16.3. The predicted octanol–water partition coefficient (Wildman–Crippen LogP) is 3.72. The molecule has 0 aliphatic rings. The number of carbonyl (C=O) groups is 1. The Labute approximate surface area is 188 Å². The summed E-state index contributed by atoms with van der Waals surface area (Å²) in [4.78, 5) is 21.8. The number of hydrogen-bond donors (Lipinski definition) is 2. The Balaban J connectivity index is 2.01. The normalized spacial score (nSPS) is 13.3. The fourth-order valence-electron chi connectivity index (χ4n) is 2.74. The highest BCUT2D eigenvalue weighted by Crippen LogP contribution is 2.24. The second-order valence-electron chi connectivity index (χ2n) is 6.88. The number of methoxy groups -OCH3 is 1. The van der Waals surface area contributed by atoms with Crippen LogP contribution < -0.4 is 20.1 Å². The van der Waals surface area contributed by atoms with E-state index in [1.54, 1.807) is 14.0 Å². The van der Waals surface area contributed by atoms with Crippen LogP contribution in [-0.4, -0.2) is 49.8 Å². The van der Waals surface area contributed by atoms with Crippen molar-refractivity contribution in [2.75, 3.05) is 26.8 Å². The van der Waals surface area contributed by atoms with Gasteiger partial charge < -0.3 is 24.8 Å². The van der Waals surface area contributed by atoms with E-state index in [2.05, 4.69) is 20.6 Å². The number of aromatic nitrogens is 1. The average Bonchev–Trinajstić information content (AvgIpc) is 3.14. The molecule has 2 atom stereocenters. The van der Waals surface area contributed by atoms with Gasteiger partial charge >= 0.3 is 5.97 Å². The van der Waals surface area contributed by atoms with E-state index in [1.165, 1.54) is 11.3 Å². The standard InChI is InChI=1S/C22H32N4O4S/c1-7-23-22(24-13-14(3)30-18-11-9-10-17(12-18)28-6)26-16(5)20-25-15(4)19(31-20)21(27)29-8-2/h9-12,14,16H,7-8,13H2,1-6H3,(H2,23,24,26). The number of ether oxygens (including phenoxy) is 3. The van der Waals surface area contributed by atoms with Crippen LogP contribution in [0.25, 0.3) is 0 Å². The van der Waals surface area contributed by atoms with Crippen molar-refractivity contribution < 1.29 is 19.0 Å². The molecule has 1 aromatic heterocycles. The fraction of sp³-hybridized carbons (Fsp3) is 0.500. The minimum absolute atomic E-state index is 0.126. The molecule has 0 fully saturated rings. The monoisotopic (exact) mass is 448 g/mol. The first-order chi connectivity index (χ1) is 14.9. The van der Waals surface area contributed by atoms with Gasteiger partial charge in [-0.25, -0.2) is 14.8 Å². The van der Waals surface area contributed by atoms with Crippen LogP contribution in [-0.2, 0) is 4.74 Å². The summed E-state index contributed by atoms with van der Waals surface area (Å²) in [6.45, 7) is 11.1. The second kappa shape index (κ2) is 12.1. The zero-order chi connectivity index (χ0) is 22.8. The van der Waals surface area contributed by atoms with Crippen LogP contribution in [0.5, 0.6) is 11.5 Å². The highest BCUT2D eigenvalue weighted by molar-refractivity contribution is 7.13. The number of carbonyl (C=O) groups excluding carboxylic acids is 1. The Hall–Kier alpha value is -2.81. The lowest BCUT2D eigenvalue weighted by molar-refractivity contribution is 0.0531. The van der Waals surface area contributed by atoms with E-state index >= 15 is 0 Å². The van der Waals surface area contributed by atoms with Crippen LogP contribution >= 0.6 is 11.3 Å². The van der Waals surface area contributed by atoms with Crippen molar-refractivity contribution in [3.05, 3.63) is 39.8 Å². The molecule has 0 saturated carbocycles. The molecule has 1 aromatic carbocycles. The number of thiazole rings is 1. The van der Waals surface area contributed by atoms with E-state index in [4.69, 9.17) is 14.2 Å². The molecule has 31 heavy (non-hydrogen) atoms. The Morgan fingerprint density at radius 1 is 1.26 bits per heavy atom. The predicted molar refractivity (Wildman–Crippen MR) is 123 cm³/mol. The van der Waals surface area contributed by atoms with Crippen molar-refractivity contribution in [1.29, 1.82) is 0 Å². The van der Waals surface area contributed by atoms with Crippen molar-refractivity contribution in [1.82, 2.24) is 15.6 Å². The molecule has 0 radical (unpaired) electrons. The lowest BCUT2D eigenvalue weighted by Crippen LogP contribution is -2.39. The van der Waals surface area contributed by atoms with Crippen molar-refractivity contribution in [3.63, 3.8) is 0 Å². The largest absolute Gasteiger partial charge is 0.497 e. The quantitative estimate of drug-likeness (QED) is 0.325. The molecule has 0 bridgehead atoms. The summed E-state index contributed by atoms with van der Waals surface area (Å²) >= 11 is 1.34. The minimum atomic E-state index is -0.333. The molecule has 1 heterocycles. The Morgan fingerprint density at radius 2 is 2.00 bits per heavy atom. The summed E-state index contributed by atoms with van der Waals surface area (Å²) in [7, 11) is 1.63. The lowest BCUT2D eigenvalue weighted by atomic mass is 10.3. The number of benzene rings is 1. The maximum Gasteiger partial charge on any atom is 0.350 e. The van der Waals surface area contributed by atoms with Crippen molar-refractivity contribution >= 4 is 23.3 Å². The first-order valence-corrected chi connectivity index (χ1v) is 11.2. The Morgan fingerprint density at radius 3 is 2.68 bits per heavy atom. The van der Waals surface area contributed by atoms with E-state index in [-0.39, 0.29) is 18.1 Å². The maximum absolute atomic E-state index is 12.1. The average molecular weight is 449 g/mol. The van der Waals surface area contributed by atoms with Crippen LogP contribution in [0.4, 0.5) is 0 Å². The van der Waals surface area contributed by atoms with Gasteiger partial charge in [0.1, 0.15) is 27.5 Å². The number of nitrogens with zero attached hydrogens (tertiary/aromatic N) is 2. The van der Waals surface area contributed by atoms with E-state index in [9.17, 15) is 4.79 Å². The maximum atomic E-state index is 12.1. The molecule has 2 unspecified atom stereocenters. The van der Waals surface area contributed by atoms with Gasteiger partial charge in [-0.05, 0) is 46.8 Å². The van der Waals surface area contributed by atoms with E-state index in [1.807, 2.05) is 52.0 Å². The van der Waals surface area contributed by atoms with Gasteiger partial charge in [-0.2, -0.15) is 0 Å². The van der Waals surface area contributed by atoms with Gasteiger partial charge in [0.25, 0.3) is 0 Å². The van der Waals surface area contributed by atoms with Gasteiger partial charge in [0.15, 0.2) is 5.96 Å². The third-order valence-corrected chi connectivity index (χ3v) is 5.55. The number of aliphatic imine (C=N–C) groups is 1. The van der Waals surface area contributed by atoms with Gasteiger partial charge in [0.05, 0.1) is 32.0 Å². The molecule has 0 aliphatic carbocycles. The van der Waals surface area contributed by atoms with Crippen molar-refractivity contribution in [2.24, 2.45) is 4.99 Å². The SMILES string of the molecule is CCNC(=NCC(C)Oc1cccc(OC)c1)NC(C)c1nc(C)c(C(=O)OCC)s1. The van der Waals surface area contributed by atoms with Gasteiger partial charge in [0, 0.05) is 12.6 Å². The van der Waals surface area contributed by atoms with Crippen LogP contribution in [0.15, 0.2) is 29.3 Å². The van der Waals surface area contributed by atoms with Gasteiger partial charge in [-0.15, -0.1) is 11.3 Å². The molecule has 2 rings (SSSR count). The summed E-state index contributed by atoms with van der Waals surface area (Å²) in [6.07, 6.45) is -0.129. The molecule has 170 valence electrons. The highest BCUT2D eigenvalue weighted by Gasteiger charge is 2.20. The molecule has 0 aliphatic heterocycles. The summed E-state index contributed by atoms with van der Waals surface area (Å²) in [5.41, 5.74) is 0.675. The van der Waals surface area contributed by atoms with Crippen LogP contribution in [0.2, 0.25) is 0 Å². The molecule has 0 spiro atoms. The fourth-order valence-corrected chi connectivity index (χ4v) is 3.70. The first-order valence-electron chi connectivity index (χ1n) is 10.4. The molecular formula is C22H32N4O4S. The number of guanidine groups is 1. The first kappa shape index (κ1) is 24.5. The van der Waals surface area contributed by atoms with Gasteiger partial charge in [-0.3, -0.25) is 0 Å². The minimum Gasteiger partial charge on any atom is -0.497 e. The number of hydrogen-bond acceptors (Lipinski definition) is 7. The summed E-state index contributed by atoms with van der Waals surface area (Å²) in [5.74, 6) is 1.80. The zero-order valence-corrected chi connectivity index (χ0v) is 19.8. The molecule has 2 N–H and O–H groups in total. The molecule has 0 saturated heterocycles. The molecular weight excluding hydrogens is 416 g/mol. The van der Waals surface area contributed by atoms with Gasteiger partial charge in [-0.1, -0.05) is 6.07 Å². The van der Waals surface area contributed by atoms with E-state index in [0.29, 0.717) is 36.2 Å². The smallest absolute Gasteiger partial charge is 0.350 e. The summed E-state index contributed by atoms with van der Waals surface area (Å²) in [6, 6.07) is 7.37. The summed E-state index contributed by atoms with van der Waals surface area (Å²) in [5, 5.41) is 7.37. The molecule has 9 heteroatoms. The second-order valence-corrected chi connectivity index (χ2v) is 7.91. The van der Waals surface area contributed by atoms with Crippen molar-refractivity contribution in [2.45, 2.75) is 46.8 Å². The number of esters is 1. The topological polar surface area (TPSA) is 94.1 Å². The molecule has 8 nitrogen and oxygen atoms in total. The molecule has 0 amide bonds. The molecule has 2 aromatic rings.